The molecule has 0 radical (unpaired) electrons. The summed E-state index contributed by atoms with van der Waals surface area (Å²) in [6, 6.07) is 5.99. The zero-order chi connectivity index (χ0) is 13.0. The molecule has 0 aliphatic carbocycles. The van der Waals surface area contributed by atoms with E-state index < -0.39 is 0 Å². The average molecular weight is 244 g/mol. The van der Waals surface area contributed by atoms with Gasteiger partial charge in [0.05, 0.1) is 17.9 Å². The largest absolute Gasteiger partial charge is 0.388 e. The highest BCUT2D eigenvalue weighted by Crippen LogP contribution is 2.31. The van der Waals surface area contributed by atoms with Gasteiger partial charge in [0.25, 0.3) is 0 Å². The van der Waals surface area contributed by atoms with Gasteiger partial charge < -0.3 is 15.4 Å². The van der Waals surface area contributed by atoms with Gasteiger partial charge in [-0.1, -0.05) is 0 Å². The van der Waals surface area contributed by atoms with Crippen molar-refractivity contribution >= 4 is 37.4 Å². The first kappa shape index (κ1) is 12.5. The number of nitrogens with zero attached hydrogens (tertiary/aromatic N) is 2. The van der Waals surface area contributed by atoms with Gasteiger partial charge in [0.15, 0.2) is 0 Å². The van der Waals surface area contributed by atoms with Gasteiger partial charge in [-0.3, -0.25) is 5.01 Å². The highest BCUT2D eigenvalue weighted by Gasteiger charge is 2.17. The van der Waals surface area contributed by atoms with Crippen LogP contribution < -0.4 is 15.6 Å². The van der Waals surface area contributed by atoms with Crippen LogP contribution in [-0.2, 0) is 4.79 Å². The van der Waals surface area contributed by atoms with Crippen molar-refractivity contribution in [1.82, 2.24) is 0 Å². The molecule has 1 unspecified atom stereocenters. The second-order valence-corrected chi connectivity index (χ2v) is 4.35. The lowest BCUT2D eigenvalue weighted by molar-refractivity contribution is -0.106. The third-order valence-electron chi connectivity index (χ3n) is 2.86. The van der Waals surface area contributed by atoms with Crippen molar-refractivity contribution in [3.8, 4) is 0 Å². The Morgan fingerprint density at radius 2 is 2.44 bits per heavy atom. The highest BCUT2D eigenvalue weighted by molar-refractivity contribution is 6.21. The van der Waals surface area contributed by atoms with Crippen LogP contribution >= 0.6 is 0 Å². The Bertz CT molecular complexity index is 463. The molecule has 2 N–H and O–H groups in total. The van der Waals surface area contributed by atoms with E-state index in [2.05, 4.69) is 23.6 Å². The van der Waals surface area contributed by atoms with Crippen LogP contribution in [0.25, 0.3) is 0 Å². The van der Waals surface area contributed by atoms with Crippen molar-refractivity contribution in [3.05, 3.63) is 18.2 Å². The van der Waals surface area contributed by atoms with Gasteiger partial charge in [-0.05, 0) is 24.0 Å². The second-order valence-electron chi connectivity index (χ2n) is 4.35. The van der Waals surface area contributed by atoms with Gasteiger partial charge in [-0.2, -0.15) is 5.10 Å². The molecule has 5 nitrogen and oxygen atoms in total. The zero-order valence-electron chi connectivity index (χ0n) is 10.7. The number of rotatable bonds is 5. The third kappa shape index (κ3) is 2.64. The van der Waals surface area contributed by atoms with Crippen molar-refractivity contribution in [2.24, 2.45) is 5.10 Å². The van der Waals surface area contributed by atoms with Crippen molar-refractivity contribution < 1.29 is 4.79 Å². The van der Waals surface area contributed by atoms with Crippen molar-refractivity contribution in [2.75, 3.05) is 35.8 Å². The quantitative estimate of drug-likeness (QED) is 0.587. The summed E-state index contributed by atoms with van der Waals surface area (Å²) in [5, 5.41) is 12.5. The van der Waals surface area contributed by atoms with Crippen molar-refractivity contribution in [2.45, 2.75) is 5.82 Å². The van der Waals surface area contributed by atoms with Crippen LogP contribution in [0.15, 0.2) is 23.3 Å². The summed E-state index contributed by atoms with van der Waals surface area (Å²) in [4.78, 5) is 10.5. The minimum Gasteiger partial charge on any atom is -0.388 e. The van der Waals surface area contributed by atoms with E-state index in [1.807, 2.05) is 36.5 Å². The Labute approximate surface area is 108 Å². The maximum absolute atomic E-state index is 10.5. The minimum absolute atomic E-state index is 0.299. The fourth-order valence-corrected chi connectivity index (χ4v) is 1.93. The van der Waals surface area contributed by atoms with Crippen LogP contribution in [0, 0.1) is 0 Å². The Morgan fingerprint density at radius 1 is 1.61 bits per heavy atom. The summed E-state index contributed by atoms with van der Waals surface area (Å²) in [7, 11) is 4.00. The molecule has 0 saturated heterocycles. The van der Waals surface area contributed by atoms with Crippen molar-refractivity contribution in [3.63, 3.8) is 0 Å². The molecule has 18 heavy (non-hydrogen) atoms. The Kier molecular flexibility index (Phi) is 3.87. The topological polar surface area (TPSA) is 56.7 Å². The summed E-state index contributed by atoms with van der Waals surface area (Å²) in [5.41, 5.74) is 2.92. The smallest absolute Gasteiger partial charge is 0.139 e. The zero-order valence-corrected chi connectivity index (χ0v) is 10.7. The normalized spacial score (nSPS) is 17.8. The van der Waals surface area contributed by atoms with Crippen LogP contribution in [0.3, 0.4) is 0 Å². The molecule has 1 atom stereocenters. The molecule has 0 saturated carbocycles. The van der Waals surface area contributed by atoms with Gasteiger partial charge in [0.2, 0.25) is 0 Å². The molecule has 1 heterocycles. The van der Waals surface area contributed by atoms with Crippen molar-refractivity contribution in [1.29, 1.82) is 0 Å². The molecule has 0 bridgehead atoms. The lowest BCUT2D eigenvalue weighted by atomic mass is 9.89. The minimum atomic E-state index is 0.299. The van der Waals surface area contributed by atoms with Crippen LogP contribution in [-0.4, -0.2) is 40.5 Å². The summed E-state index contributed by atoms with van der Waals surface area (Å²) < 4.78 is 0. The Hall–Kier alpha value is -1.98. The first-order valence-electron chi connectivity index (χ1n) is 6.05. The molecule has 1 aliphatic rings. The second kappa shape index (κ2) is 5.57. The third-order valence-corrected chi connectivity index (χ3v) is 2.86. The van der Waals surface area contributed by atoms with E-state index in [1.165, 1.54) is 0 Å². The molecule has 94 valence electrons. The molecule has 1 aromatic rings. The SMILES string of the molecule is BC1C=NN(c2ccc(NC)cc2NCC=O)C1. The number of anilines is 3. The van der Waals surface area contributed by atoms with Gasteiger partial charge in [-0.25, -0.2) is 0 Å². The average Bonchev–Trinajstić information content (AvgIpc) is 2.82. The molecule has 0 fully saturated rings. The highest BCUT2D eigenvalue weighted by atomic mass is 16.1. The van der Waals surface area contributed by atoms with Gasteiger partial charge in [0, 0.05) is 25.5 Å². The van der Waals surface area contributed by atoms with E-state index in [0.717, 1.165) is 29.9 Å². The number of aldehydes is 1. The molecular weight excluding hydrogens is 227 g/mol. The summed E-state index contributed by atoms with van der Waals surface area (Å²) in [6.45, 7) is 1.17. The molecule has 0 aromatic heterocycles. The molecule has 2 rings (SSSR count). The maximum Gasteiger partial charge on any atom is 0.139 e. The fraction of sp³-hybridized carbons (Fsp3) is 0.333. The summed E-state index contributed by atoms with van der Waals surface area (Å²) in [5.74, 6) is 0.452. The number of carbonyl (C=O) groups excluding carboxylic acids is 1. The lowest BCUT2D eigenvalue weighted by Gasteiger charge is -2.20. The standard InChI is InChI=1S/C12H17BN4O/c1-14-10-2-3-12(11(6-10)15-4-5-18)17-8-9(13)7-16-17/h2-3,5-7,9,14-15H,4,8,13H2,1H3. The first-order valence-corrected chi connectivity index (χ1v) is 6.05. The molecule has 6 heteroatoms. The Morgan fingerprint density at radius 3 is 3.06 bits per heavy atom. The van der Waals surface area contributed by atoms with Crippen LogP contribution in [0.1, 0.15) is 0 Å². The number of benzene rings is 1. The first-order chi connectivity index (χ1) is 8.74. The van der Waals surface area contributed by atoms with E-state index in [1.54, 1.807) is 0 Å². The predicted molar refractivity (Wildman–Crippen MR) is 78.7 cm³/mol. The molecule has 1 aliphatic heterocycles. The predicted octanol–water partition coefficient (Wildman–Crippen LogP) is 0.566. The van der Waals surface area contributed by atoms with Gasteiger partial charge in [-0.15, -0.1) is 0 Å². The van der Waals surface area contributed by atoms with E-state index in [4.69, 9.17) is 0 Å². The number of nitrogens with one attached hydrogen (secondary N) is 2. The lowest BCUT2D eigenvalue weighted by Crippen LogP contribution is -2.17. The monoisotopic (exact) mass is 244 g/mol. The number of carbonyl (C=O) groups is 1. The molecule has 0 amide bonds. The molecule has 1 aromatic carbocycles. The maximum atomic E-state index is 10.5. The van der Waals surface area contributed by atoms with Gasteiger partial charge >= 0.3 is 0 Å². The summed E-state index contributed by atoms with van der Waals surface area (Å²) >= 11 is 0. The fourth-order valence-electron chi connectivity index (χ4n) is 1.93. The van der Waals surface area contributed by atoms with Crippen LogP contribution in [0.5, 0.6) is 0 Å². The van der Waals surface area contributed by atoms with E-state index in [-0.39, 0.29) is 0 Å². The van der Waals surface area contributed by atoms with E-state index in [0.29, 0.717) is 12.4 Å². The Balaban J connectivity index is 2.27. The van der Waals surface area contributed by atoms with Crippen LogP contribution in [0.2, 0.25) is 5.82 Å². The summed E-state index contributed by atoms with van der Waals surface area (Å²) in [6.07, 6.45) is 2.79. The number of hydrogen-bond acceptors (Lipinski definition) is 5. The molecular formula is C12H17BN4O. The van der Waals surface area contributed by atoms with Crippen LogP contribution in [0.4, 0.5) is 17.1 Å². The number of hydrogen-bond donors (Lipinski definition) is 2. The van der Waals surface area contributed by atoms with E-state index in [9.17, 15) is 4.79 Å². The molecule has 0 spiro atoms. The number of hydrazone groups is 1. The van der Waals surface area contributed by atoms with E-state index >= 15 is 0 Å². The van der Waals surface area contributed by atoms with Gasteiger partial charge in [0.1, 0.15) is 14.1 Å².